The van der Waals surface area contributed by atoms with Gasteiger partial charge in [-0.2, -0.15) is 4.98 Å². The van der Waals surface area contributed by atoms with Crippen LogP contribution in [0.5, 0.6) is 0 Å². The van der Waals surface area contributed by atoms with Gasteiger partial charge in [0.1, 0.15) is 23.0 Å². The van der Waals surface area contributed by atoms with Crippen LogP contribution in [0.2, 0.25) is 0 Å². The number of thiocarbonyl (C=S) groups is 1. The molecule has 0 spiro atoms. The Morgan fingerprint density at radius 1 is 1.12 bits per heavy atom. The van der Waals surface area contributed by atoms with Crippen molar-refractivity contribution in [2.75, 3.05) is 36.9 Å². The van der Waals surface area contributed by atoms with Crippen molar-refractivity contribution < 1.29 is 28.2 Å². The maximum Gasteiger partial charge on any atom is 0.343 e. The van der Waals surface area contributed by atoms with Crippen LogP contribution >= 0.6 is 12.2 Å². The summed E-state index contributed by atoms with van der Waals surface area (Å²) in [4.78, 5) is 30.9. The summed E-state index contributed by atoms with van der Waals surface area (Å²) in [5.74, 6) is -2.86. The second-order valence-electron chi connectivity index (χ2n) is 6.57. The second kappa shape index (κ2) is 13.1. The summed E-state index contributed by atoms with van der Waals surface area (Å²) in [6.45, 7) is 2.91. The summed E-state index contributed by atoms with van der Waals surface area (Å²) in [5.41, 5.74) is 0.210. The van der Waals surface area contributed by atoms with E-state index in [1.807, 2.05) is 0 Å². The van der Waals surface area contributed by atoms with E-state index in [0.29, 0.717) is 24.6 Å². The average Bonchev–Trinajstić information content (AvgIpc) is 2.73. The normalized spacial score (nSPS) is 10.3. The van der Waals surface area contributed by atoms with E-state index in [1.165, 1.54) is 6.20 Å². The molecule has 0 amide bonds. The third-order valence-corrected chi connectivity index (χ3v) is 4.25. The molecule has 178 valence electrons. The van der Waals surface area contributed by atoms with Gasteiger partial charge in [-0.15, -0.1) is 0 Å². The van der Waals surface area contributed by atoms with Crippen molar-refractivity contribution in [3.05, 3.63) is 41.6 Å². The lowest BCUT2D eigenvalue weighted by Crippen LogP contribution is -2.37. The summed E-state index contributed by atoms with van der Waals surface area (Å²) in [7, 11) is 0. The van der Waals surface area contributed by atoms with E-state index in [4.69, 9.17) is 22.1 Å². The molecule has 5 N–H and O–H groups in total. The number of carboxylic acid groups (broad SMARTS) is 1. The van der Waals surface area contributed by atoms with Crippen LogP contribution < -0.4 is 21.3 Å². The van der Waals surface area contributed by atoms with E-state index in [9.17, 15) is 18.4 Å². The van der Waals surface area contributed by atoms with Crippen molar-refractivity contribution in [1.29, 1.82) is 0 Å². The molecule has 2 rings (SSSR count). The molecule has 13 heteroatoms. The highest BCUT2D eigenvalue weighted by atomic mass is 32.1. The Balaban J connectivity index is 1.97. The molecule has 1 heterocycles. The summed E-state index contributed by atoms with van der Waals surface area (Å²) in [6.07, 6.45) is 1.78. The van der Waals surface area contributed by atoms with Gasteiger partial charge in [0.15, 0.2) is 5.11 Å². The number of benzene rings is 1. The van der Waals surface area contributed by atoms with Crippen LogP contribution in [-0.2, 0) is 9.53 Å². The fourth-order valence-electron chi connectivity index (χ4n) is 2.53. The second-order valence-corrected chi connectivity index (χ2v) is 6.97. The van der Waals surface area contributed by atoms with Crippen LogP contribution in [0.1, 0.15) is 30.1 Å². The van der Waals surface area contributed by atoms with Gasteiger partial charge in [0, 0.05) is 37.6 Å². The molecule has 10 nitrogen and oxygen atoms in total. The molecule has 0 saturated carbocycles. The topological polar surface area (TPSA) is 138 Å². The summed E-state index contributed by atoms with van der Waals surface area (Å²) >= 11 is 5.05. The average molecular weight is 483 g/mol. The molecular formula is C20H24F2N6O4S. The van der Waals surface area contributed by atoms with E-state index >= 15 is 0 Å². The Bertz CT molecular complexity index is 975. The monoisotopic (exact) mass is 482 g/mol. The number of aliphatic carboxylic acids is 1. The lowest BCUT2D eigenvalue weighted by atomic mass is 10.3. The Hall–Kier alpha value is -3.61. The molecule has 0 aliphatic heterocycles. The van der Waals surface area contributed by atoms with E-state index in [0.717, 1.165) is 18.2 Å². The number of ether oxygens (including phenoxy) is 1. The Kier molecular flexibility index (Phi) is 10.1. The van der Waals surface area contributed by atoms with Gasteiger partial charge in [-0.25, -0.2) is 18.6 Å². The van der Waals surface area contributed by atoms with Gasteiger partial charge >= 0.3 is 11.9 Å². The largest absolute Gasteiger partial charge is 0.481 e. The fraction of sp³-hybridized carbons (Fsp3) is 0.350. The fourth-order valence-corrected chi connectivity index (χ4v) is 2.74. The van der Waals surface area contributed by atoms with Crippen LogP contribution in [0, 0.1) is 11.6 Å². The maximum absolute atomic E-state index is 13.4. The zero-order valence-corrected chi connectivity index (χ0v) is 18.6. The van der Waals surface area contributed by atoms with E-state index in [-0.39, 0.29) is 42.6 Å². The van der Waals surface area contributed by atoms with Gasteiger partial charge in [0.25, 0.3) is 0 Å². The third-order valence-electron chi connectivity index (χ3n) is 3.96. The SMILES string of the molecule is CCOC(=O)c1cnc(Nc2cc(F)cc(F)c2)nc1NCCCNC(=S)NCCC(=O)O. The molecule has 2 aromatic rings. The maximum atomic E-state index is 13.4. The van der Waals surface area contributed by atoms with Crippen molar-refractivity contribution in [3.8, 4) is 0 Å². The number of esters is 1. The van der Waals surface area contributed by atoms with Gasteiger partial charge < -0.3 is 31.1 Å². The van der Waals surface area contributed by atoms with Gasteiger partial charge in [-0.3, -0.25) is 4.79 Å². The molecule has 33 heavy (non-hydrogen) atoms. The number of halogens is 2. The number of nitrogens with one attached hydrogen (secondary N) is 4. The predicted molar refractivity (Wildman–Crippen MR) is 122 cm³/mol. The van der Waals surface area contributed by atoms with Crippen LogP contribution in [0.3, 0.4) is 0 Å². The smallest absolute Gasteiger partial charge is 0.343 e. The quantitative estimate of drug-likeness (QED) is 0.173. The van der Waals surface area contributed by atoms with E-state index in [1.54, 1.807) is 6.92 Å². The Morgan fingerprint density at radius 3 is 2.48 bits per heavy atom. The van der Waals surface area contributed by atoms with Crippen LogP contribution in [0.25, 0.3) is 0 Å². The number of carbonyl (C=O) groups excluding carboxylic acids is 1. The summed E-state index contributed by atoms with van der Waals surface area (Å²) < 4.78 is 31.9. The van der Waals surface area contributed by atoms with Gasteiger partial charge in [-0.05, 0) is 37.7 Å². The lowest BCUT2D eigenvalue weighted by molar-refractivity contribution is -0.136. The van der Waals surface area contributed by atoms with Crippen molar-refractivity contribution in [3.63, 3.8) is 0 Å². The highest BCUT2D eigenvalue weighted by Crippen LogP contribution is 2.20. The number of carbonyl (C=O) groups is 2. The molecule has 0 radical (unpaired) electrons. The van der Waals surface area contributed by atoms with Crippen molar-refractivity contribution in [1.82, 2.24) is 20.6 Å². The van der Waals surface area contributed by atoms with Crippen molar-refractivity contribution in [2.45, 2.75) is 19.8 Å². The molecule has 0 aliphatic rings. The number of hydrogen-bond donors (Lipinski definition) is 5. The van der Waals surface area contributed by atoms with Crippen LogP contribution in [0.4, 0.5) is 26.2 Å². The van der Waals surface area contributed by atoms with Gasteiger partial charge in [0.2, 0.25) is 5.95 Å². The zero-order valence-electron chi connectivity index (χ0n) is 17.8. The zero-order chi connectivity index (χ0) is 24.2. The van der Waals surface area contributed by atoms with Crippen LogP contribution in [0.15, 0.2) is 24.4 Å². The first-order valence-corrected chi connectivity index (χ1v) is 10.4. The third kappa shape index (κ3) is 9.19. The van der Waals surface area contributed by atoms with E-state index in [2.05, 4.69) is 31.2 Å². The molecule has 0 atom stereocenters. The minimum atomic E-state index is -0.923. The highest BCUT2D eigenvalue weighted by molar-refractivity contribution is 7.80. The number of hydrogen-bond acceptors (Lipinski definition) is 8. The Morgan fingerprint density at radius 2 is 1.82 bits per heavy atom. The molecular weight excluding hydrogens is 458 g/mol. The number of rotatable bonds is 12. The standard InChI is InChI=1S/C20H24F2N6O4S/c1-2-32-18(31)15-11-26-19(27-14-9-12(21)8-13(22)10-14)28-17(15)23-5-3-6-24-20(33)25-7-4-16(29)30/h8-11H,2-7H2,1H3,(H,29,30)(H2,24,25,33)(H2,23,26,27,28). The summed E-state index contributed by atoms with van der Waals surface area (Å²) in [6, 6.07) is 2.90. The Labute approximate surface area is 194 Å². The van der Waals surface area contributed by atoms with Gasteiger partial charge in [0.05, 0.1) is 13.0 Å². The lowest BCUT2D eigenvalue weighted by Gasteiger charge is -2.13. The van der Waals surface area contributed by atoms with Crippen molar-refractivity contribution in [2.24, 2.45) is 0 Å². The minimum Gasteiger partial charge on any atom is -0.481 e. The molecule has 1 aromatic carbocycles. The minimum absolute atomic E-state index is 0.0254. The molecule has 0 aliphatic carbocycles. The number of carboxylic acids is 1. The number of nitrogens with zero attached hydrogens (tertiary/aromatic N) is 2. The molecule has 1 aromatic heterocycles. The highest BCUT2D eigenvalue weighted by Gasteiger charge is 2.16. The molecule has 0 fully saturated rings. The van der Waals surface area contributed by atoms with Crippen LogP contribution in [-0.4, -0.2) is 58.4 Å². The molecule has 0 unspecified atom stereocenters. The number of aromatic nitrogens is 2. The van der Waals surface area contributed by atoms with Gasteiger partial charge in [-0.1, -0.05) is 0 Å². The molecule has 0 bridgehead atoms. The van der Waals surface area contributed by atoms with Crippen molar-refractivity contribution >= 4 is 46.7 Å². The molecule has 0 saturated heterocycles. The first kappa shape index (κ1) is 25.6. The first-order valence-electron chi connectivity index (χ1n) is 10.0. The predicted octanol–water partition coefficient (Wildman–Crippen LogP) is 2.42. The summed E-state index contributed by atoms with van der Waals surface area (Å²) in [5, 5.41) is 20.4. The first-order chi connectivity index (χ1) is 15.8. The number of anilines is 3. The van der Waals surface area contributed by atoms with E-state index < -0.39 is 23.6 Å².